The van der Waals surface area contributed by atoms with Crippen LogP contribution in [-0.2, 0) is 23.8 Å². The van der Waals surface area contributed by atoms with E-state index in [1.54, 1.807) is 7.05 Å². The van der Waals surface area contributed by atoms with Crippen LogP contribution in [0.3, 0.4) is 0 Å². The van der Waals surface area contributed by atoms with E-state index in [0.717, 1.165) is 11.3 Å². The molecular weight excluding hydrogens is 216 g/mol. The number of nitrogens with one attached hydrogen (secondary N) is 2. The van der Waals surface area contributed by atoms with Gasteiger partial charge in [0.2, 0.25) is 5.91 Å². The minimum atomic E-state index is -0.00815. The molecule has 5 heteroatoms. The number of nitrogens with zero attached hydrogens (tertiary/aromatic N) is 2. The largest absolute Gasteiger partial charge is 0.358 e. The van der Waals surface area contributed by atoms with Gasteiger partial charge in [0.05, 0.1) is 12.2 Å². The highest BCUT2D eigenvalue weighted by molar-refractivity contribution is 5.77. The van der Waals surface area contributed by atoms with Gasteiger partial charge in [-0.1, -0.05) is 20.8 Å². The van der Waals surface area contributed by atoms with Gasteiger partial charge in [-0.15, -0.1) is 0 Å². The van der Waals surface area contributed by atoms with Gasteiger partial charge in [0.25, 0.3) is 0 Å². The van der Waals surface area contributed by atoms with Crippen molar-refractivity contribution in [2.75, 3.05) is 13.6 Å². The second-order valence-electron chi connectivity index (χ2n) is 5.20. The molecule has 1 aromatic heterocycles. The van der Waals surface area contributed by atoms with E-state index in [9.17, 15) is 4.79 Å². The van der Waals surface area contributed by atoms with Crippen LogP contribution in [0.25, 0.3) is 0 Å². The standard InChI is InChI=1S/C12H22N4O/c1-12(2,3)11-9(8-16(5)15-11)6-14-7-10(17)13-4/h8,14H,6-7H2,1-5H3,(H,13,17). The normalized spacial score (nSPS) is 11.6. The van der Waals surface area contributed by atoms with E-state index in [1.165, 1.54) is 0 Å². The van der Waals surface area contributed by atoms with Gasteiger partial charge >= 0.3 is 0 Å². The Labute approximate surface area is 103 Å². The Hall–Kier alpha value is -1.36. The molecule has 0 spiro atoms. The first-order chi connectivity index (χ1) is 7.84. The zero-order valence-electron chi connectivity index (χ0n) is 11.3. The summed E-state index contributed by atoms with van der Waals surface area (Å²) in [4.78, 5) is 11.1. The van der Waals surface area contributed by atoms with Gasteiger partial charge in [-0.25, -0.2) is 0 Å². The van der Waals surface area contributed by atoms with E-state index < -0.39 is 0 Å². The maximum Gasteiger partial charge on any atom is 0.233 e. The number of rotatable bonds is 4. The quantitative estimate of drug-likeness (QED) is 0.805. The molecule has 0 saturated carbocycles. The molecule has 0 aliphatic heterocycles. The zero-order valence-corrected chi connectivity index (χ0v) is 11.3. The molecule has 1 rings (SSSR count). The molecule has 0 radical (unpaired) electrons. The van der Waals surface area contributed by atoms with E-state index in [1.807, 2.05) is 17.9 Å². The van der Waals surface area contributed by atoms with Crippen molar-refractivity contribution in [3.8, 4) is 0 Å². The summed E-state index contributed by atoms with van der Waals surface area (Å²) in [5.41, 5.74) is 2.24. The highest BCUT2D eigenvalue weighted by atomic mass is 16.1. The maximum atomic E-state index is 11.1. The average Bonchev–Trinajstić information content (AvgIpc) is 2.59. The number of carbonyl (C=O) groups is 1. The lowest BCUT2D eigenvalue weighted by Gasteiger charge is -2.17. The molecule has 0 aliphatic carbocycles. The molecule has 1 amide bonds. The van der Waals surface area contributed by atoms with Crippen LogP contribution in [-0.4, -0.2) is 29.3 Å². The second kappa shape index (κ2) is 5.31. The lowest BCUT2D eigenvalue weighted by molar-refractivity contribution is -0.119. The minimum absolute atomic E-state index is 0.00815. The third-order valence-corrected chi connectivity index (χ3v) is 2.49. The Morgan fingerprint density at radius 3 is 2.65 bits per heavy atom. The fourth-order valence-corrected chi connectivity index (χ4v) is 1.70. The molecule has 0 atom stereocenters. The Morgan fingerprint density at radius 2 is 2.12 bits per heavy atom. The molecule has 0 aliphatic rings. The van der Waals surface area contributed by atoms with Gasteiger partial charge in [0, 0.05) is 37.8 Å². The number of hydrogen-bond donors (Lipinski definition) is 2. The monoisotopic (exact) mass is 238 g/mol. The number of likely N-dealkylation sites (N-methyl/N-ethyl adjacent to an activating group) is 1. The van der Waals surface area contributed by atoms with E-state index >= 15 is 0 Å². The SMILES string of the molecule is CNC(=O)CNCc1cn(C)nc1C(C)(C)C. The lowest BCUT2D eigenvalue weighted by atomic mass is 9.89. The molecule has 96 valence electrons. The van der Waals surface area contributed by atoms with E-state index in [0.29, 0.717) is 13.1 Å². The van der Waals surface area contributed by atoms with Crippen molar-refractivity contribution in [1.82, 2.24) is 20.4 Å². The summed E-state index contributed by atoms with van der Waals surface area (Å²) in [6.45, 7) is 7.40. The van der Waals surface area contributed by atoms with E-state index in [2.05, 4.69) is 36.5 Å². The first-order valence-electron chi connectivity index (χ1n) is 5.79. The number of hydrogen-bond acceptors (Lipinski definition) is 3. The Bertz CT molecular complexity index is 390. The lowest BCUT2D eigenvalue weighted by Crippen LogP contribution is -2.31. The molecule has 0 aromatic carbocycles. The third kappa shape index (κ3) is 3.85. The Balaban J connectivity index is 2.68. The number of amides is 1. The van der Waals surface area contributed by atoms with Crippen molar-refractivity contribution < 1.29 is 4.79 Å². The molecule has 0 saturated heterocycles. The number of aromatic nitrogens is 2. The summed E-state index contributed by atoms with van der Waals surface area (Å²) in [5.74, 6) is -0.00815. The summed E-state index contributed by atoms with van der Waals surface area (Å²) in [5, 5.41) is 10.2. The summed E-state index contributed by atoms with van der Waals surface area (Å²) in [6, 6.07) is 0. The summed E-state index contributed by atoms with van der Waals surface area (Å²) in [7, 11) is 3.55. The van der Waals surface area contributed by atoms with Gasteiger partial charge in [-0.2, -0.15) is 5.10 Å². The van der Waals surface area contributed by atoms with Crippen molar-refractivity contribution in [2.24, 2.45) is 7.05 Å². The van der Waals surface area contributed by atoms with Crippen LogP contribution in [0.15, 0.2) is 6.20 Å². The smallest absolute Gasteiger partial charge is 0.233 e. The van der Waals surface area contributed by atoms with Gasteiger partial charge in [0.1, 0.15) is 0 Å². The van der Waals surface area contributed by atoms with Crippen molar-refractivity contribution in [2.45, 2.75) is 32.7 Å². The highest BCUT2D eigenvalue weighted by Crippen LogP contribution is 2.23. The van der Waals surface area contributed by atoms with Gasteiger partial charge in [0.15, 0.2) is 0 Å². The first kappa shape index (κ1) is 13.7. The average molecular weight is 238 g/mol. The molecular formula is C12H22N4O. The fraction of sp³-hybridized carbons (Fsp3) is 0.667. The van der Waals surface area contributed by atoms with Gasteiger partial charge < -0.3 is 10.6 Å². The van der Waals surface area contributed by atoms with Crippen LogP contribution >= 0.6 is 0 Å². The predicted molar refractivity (Wildman–Crippen MR) is 67.7 cm³/mol. The molecule has 1 heterocycles. The Kier molecular flexibility index (Phi) is 4.28. The van der Waals surface area contributed by atoms with Crippen LogP contribution in [0.5, 0.6) is 0 Å². The summed E-state index contributed by atoms with van der Waals surface area (Å²) in [6.07, 6.45) is 2.00. The van der Waals surface area contributed by atoms with Gasteiger partial charge in [-0.3, -0.25) is 9.48 Å². The molecule has 2 N–H and O–H groups in total. The van der Waals surface area contributed by atoms with Crippen molar-refractivity contribution >= 4 is 5.91 Å². The summed E-state index contributed by atoms with van der Waals surface area (Å²) < 4.78 is 1.82. The molecule has 5 nitrogen and oxygen atoms in total. The molecule has 0 bridgehead atoms. The third-order valence-electron chi connectivity index (χ3n) is 2.49. The number of aryl methyl sites for hydroxylation is 1. The topological polar surface area (TPSA) is 59.0 Å². The van der Waals surface area contributed by atoms with Gasteiger partial charge in [-0.05, 0) is 0 Å². The van der Waals surface area contributed by atoms with E-state index in [-0.39, 0.29) is 11.3 Å². The fourth-order valence-electron chi connectivity index (χ4n) is 1.70. The highest BCUT2D eigenvalue weighted by Gasteiger charge is 2.21. The zero-order chi connectivity index (χ0) is 13.1. The molecule has 0 unspecified atom stereocenters. The summed E-state index contributed by atoms with van der Waals surface area (Å²) >= 11 is 0. The van der Waals surface area contributed by atoms with Crippen LogP contribution < -0.4 is 10.6 Å². The molecule has 0 fully saturated rings. The minimum Gasteiger partial charge on any atom is -0.358 e. The van der Waals surface area contributed by atoms with Crippen LogP contribution in [0.2, 0.25) is 0 Å². The van der Waals surface area contributed by atoms with Crippen LogP contribution in [0.4, 0.5) is 0 Å². The van der Waals surface area contributed by atoms with E-state index in [4.69, 9.17) is 0 Å². The first-order valence-corrected chi connectivity index (χ1v) is 5.79. The molecule has 1 aromatic rings. The second-order valence-corrected chi connectivity index (χ2v) is 5.20. The van der Waals surface area contributed by atoms with Crippen molar-refractivity contribution in [3.05, 3.63) is 17.5 Å². The van der Waals surface area contributed by atoms with Crippen molar-refractivity contribution in [3.63, 3.8) is 0 Å². The van der Waals surface area contributed by atoms with Crippen molar-refractivity contribution in [1.29, 1.82) is 0 Å². The predicted octanol–water partition coefficient (Wildman–Crippen LogP) is 0.553. The molecule has 17 heavy (non-hydrogen) atoms. The van der Waals surface area contributed by atoms with Crippen LogP contribution in [0.1, 0.15) is 32.0 Å². The Morgan fingerprint density at radius 1 is 1.47 bits per heavy atom. The van der Waals surface area contributed by atoms with Crippen LogP contribution in [0, 0.1) is 0 Å². The maximum absolute atomic E-state index is 11.1. The number of carbonyl (C=O) groups excluding carboxylic acids is 1.